The number of unbranched alkanes of at least 4 members (excludes halogenated alkanes) is 3. The number of aliphatic hydroxyl groups is 1. The first-order valence-corrected chi connectivity index (χ1v) is 10.4. The summed E-state index contributed by atoms with van der Waals surface area (Å²) in [6, 6.07) is 29.9. The van der Waals surface area contributed by atoms with Gasteiger partial charge in [-0.25, -0.2) is 0 Å². The first-order valence-electron chi connectivity index (χ1n) is 10.4. The number of anilines is 1. The monoisotopic (exact) mass is 389 g/mol. The molecule has 0 bridgehead atoms. The van der Waals surface area contributed by atoms with Gasteiger partial charge >= 0.3 is 0 Å². The minimum atomic E-state index is 0.142. The van der Waals surface area contributed by atoms with Gasteiger partial charge in [-0.2, -0.15) is 0 Å². The zero-order valence-corrected chi connectivity index (χ0v) is 17.2. The fourth-order valence-electron chi connectivity index (χ4n) is 3.75. The van der Waals surface area contributed by atoms with Crippen molar-refractivity contribution < 1.29 is 9.84 Å². The minimum Gasteiger partial charge on any atom is -0.497 e. The fourth-order valence-corrected chi connectivity index (χ4v) is 3.75. The molecule has 3 rings (SSSR count). The zero-order chi connectivity index (χ0) is 20.3. The Bertz CT molecular complexity index is 779. The smallest absolute Gasteiger partial charge is 0.119 e. The Balaban J connectivity index is 1.94. The van der Waals surface area contributed by atoms with E-state index in [1.807, 2.05) is 12.1 Å². The summed E-state index contributed by atoms with van der Waals surface area (Å²) in [6.45, 7) is 1.23. The first-order chi connectivity index (χ1) is 14.3. The summed E-state index contributed by atoms with van der Waals surface area (Å²) in [6.07, 6.45) is 4.14. The van der Waals surface area contributed by atoms with Gasteiger partial charge in [0, 0.05) is 18.8 Å². The number of methoxy groups -OCH3 is 1. The highest BCUT2D eigenvalue weighted by molar-refractivity contribution is 5.54. The molecule has 0 heterocycles. The lowest BCUT2D eigenvalue weighted by molar-refractivity contribution is 0.282. The first kappa shape index (κ1) is 20.9. The number of ether oxygens (including phenoxy) is 1. The van der Waals surface area contributed by atoms with Gasteiger partial charge in [-0.05, 0) is 48.2 Å². The molecule has 0 atom stereocenters. The zero-order valence-electron chi connectivity index (χ0n) is 17.2. The quantitative estimate of drug-likeness (QED) is 0.418. The second kappa shape index (κ2) is 11.3. The Morgan fingerprint density at radius 1 is 0.724 bits per heavy atom. The molecule has 3 nitrogen and oxygen atoms in total. The van der Waals surface area contributed by atoms with Crippen LogP contribution in [0.4, 0.5) is 5.69 Å². The molecule has 3 aromatic rings. The molecule has 0 aliphatic carbocycles. The highest BCUT2D eigenvalue weighted by Crippen LogP contribution is 2.34. The third-order valence-electron chi connectivity index (χ3n) is 5.25. The van der Waals surface area contributed by atoms with Crippen LogP contribution in [0.2, 0.25) is 0 Å². The summed E-state index contributed by atoms with van der Waals surface area (Å²) in [7, 11) is 1.70. The molecule has 3 aromatic carbocycles. The van der Waals surface area contributed by atoms with Crippen LogP contribution in [-0.4, -0.2) is 25.4 Å². The Kier molecular flexibility index (Phi) is 8.14. The van der Waals surface area contributed by atoms with E-state index in [-0.39, 0.29) is 12.6 Å². The Labute approximate surface area is 174 Å². The fraction of sp³-hybridized carbons (Fsp3) is 0.308. The molecule has 0 spiro atoms. The number of aliphatic hydroxyl groups excluding tert-OH is 1. The van der Waals surface area contributed by atoms with E-state index >= 15 is 0 Å². The maximum absolute atomic E-state index is 9.07. The van der Waals surface area contributed by atoms with E-state index < -0.39 is 0 Å². The van der Waals surface area contributed by atoms with Crippen molar-refractivity contribution in [1.82, 2.24) is 0 Å². The number of benzene rings is 3. The van der Waals surface area contributed by atoms with Crippen LogP contribution in [0.1, 0.15) is 42.9 Å². The normalized spacial score (nSPS) is 10.9. The van der Waals surface area contributed by atoms with Crippen LogP contribution in [0, 0.1) is 0 Å². The van der Waals surface area contributed by atoms with Crippen LogP contribution < -0.4 is 9.64 Å². The second-order valence-electron chi connectivity index (χ2n) is 7.25. The summed E-state index contributed by atoms with van der Waals surface area (Å²) < 4.78 is 5.36. The van der Waals surface area contributed by atoms with E-state index in [0.717, 1.165) is 38.0 Å². The number of nitrogens with zero attached hydrogens (tertiary/aromatic N) is 1. The summed E-state index contributed by atoms with van der Waals surface area (Å²) in [4.78, 5) is 2.49. The molecule has 152 valence electrons. The van der Waals surface area contributed by atoms with Crippen LogP contribution in [0.15, 0.2) is 84.9 Å². The molecule has 29 heavy (non-hydrogen) atoms. The van der Waals surface area contributed by atoms with Crippen LogP contribution in [0.25, 0.3) is 0 Å². The van der Waals surface area contributed by atoms with Gasteiger partial charge < -0.3 is 14.7 Å². The van der Waals surface area contributed by atoms with Gasteiger partial charge in [-0.1, -0.05) is 73.5 Å². The van der Waals surface area contributed by atoms with E-state index in [0.29, 0.717) is 0 Å². The summed E-state index contributed by atoms with van der Waals surface area (Å²) >= 11 is 0. The topological polar surface area (TPSA) is 32.7 Å². The number of hydrogen-bond acceptors (Lipinski definition) is 3. The van der Waals surface area contributed by atoms with Gasteiger partial charge in [-0.15, -0.1) is 0 Å². The van der Waals surface area contributed by atoms with Crippen LogP contribution in [0.3, 0.4) is 0 Å². The molecule has 3 heteroatoms. The van der Waals surface area contributed by atoms with Crippen molar-refractivity contribution in [2.24, 2.45) is 0 Å². The van der Waals surface area contributed by atoms with E-state index in [1.54, 1.807) is 7.11 Å². The van der Waals surface area contributed by atoms with Crippen molar-refractivity contribution in [3.05, 3.63) is 96.1 Å². The van der Waals surface area contributed by atoms with E-state index in [1.165, 1.54) is 16.8 Å². The van der Waals surface area contributed by atoms with Crippen LogP contribution in [0.5, 0.6) is 5.75 Å². The molecule has 0 amide bonds. The standard InChI is InChI=1S/C26H31NO2/c1-29-25-18-16-24(17-19-25)27(20-10-2-3-11-21-28)26(22-12-6-4-7-13-22)23-14-8-5-9-15-23/h4-9,12-19,26,28H,2-3,10-11,20-21H2,1H3. The van der Waals surface area contributed by atoms with Gasteiger partial charge in [0.2, 0.25) is 0 Å². The van der Waals surface area contributed by atoms with Crippen molar-refractivity contribution in [2.75, 3.05) is 25.2 Å². The third-order valence-corrected chi connectivity index (χ3v) is 5.25. The summed E-state index contributed by atoms with van der Waals surface area (Å²) in [5, 5.41) is 9.07. The highest BCUT2D eigenvalue weighted by atomic mass is 16.5. The maximum Gasteiger partial charge on any atom is 0.119 e. The van der Waals surface area contributed by atoms with E-state index in [9.17, 15) is 0 Å². The SMILES string of the molecule is COc1ccc(N(CCCCCCO)C(c2ccccc2)c2ccccc2)cc1. The lowest BCUT2D eigenvalue weighted by Crippen LogP contribution is -2.30. The molecule has 0 aliphatic heterocycles. The molecule has 0 saturated carbocycles. The number of rotatable bonds is 11. The lowest BCUT2D eigenvalue weighted by Gasteiger charge is -2.35. The van der Waals surface area contributed by atoms with E-state index in [2.05, 4.69) is 77.7 Å². The second-order valence-corrected chi connectivity index (χ2v) is 7.25. The van der Waals surface area contributed by atoms with Gasteiger partial charge in [-0.3, -0.25) is 0 Å². The molecule has 0 saturated heterocycles. The highest BCUT2D eigenvalue weighted by Gasteiger charge is 2.22. The molecule has 0 unspecified atom stereocenters. The van der Waals surface area contributed by atoms with Crippen LogP contribution in [-0.2, 0) is 0 Å². The number of hydrogen-bond donors (Lipinski definition) is 1. The third kappa shape index (κ3) is 5.85. The predicted molar refractivity (Wildman–Crippen MR) is 121 cm³/mol. The van der Waals surface area contributed by atoms with Crippen molar-refractivity contribution >= 4 is 5.69 Å². The molecule has 0 aromatic heterocycles. The Morgan fingerprint density at radius 2 is 1.28 bits per heavy atom. The van der Waals surface area contributed by atoms with E-state index in [4.69, 9.17) is 9.84 Å². The Hall–Kier alpha value is -2.78. The molecule has 0 fully saturated rings. The van der Waals surface area contributed by atoms with Gasteiger partial charge in [0.1, 0.15) is 5.75 Å². The van der Waals surface area contributed by atoms with Gasteiger partial charge in [0.05, 0.1) is 13.2 Å². The van der Waals surface area contributed by atoms with Gasteiger partial charge in [0.15, 0.2) is 0 Å². The summed E-state index contributed by atoms with van der Waals surface area (Å²) in [5.74, 6) is 0.868. The van der Waals surface area contributed by atoms with Gasteiger partial charge in [0.25, 0.3) is 0 Å². The molecular weight excluding hydrogens is 358 g/mol. The van der Waals surface area contributed by atoms with Crippen molar-refractivity contribution in [3.63, 3.8) is 0 Å². The van der Waals surface area contributed by atoms with Crippen LogP contribution >= 0.6 is 0 Å². The largest absolute Gasteiger partial charge is 0.497 e. The summed E-state index contributed by atoms with van der Waals surface area (Å²) in [5.41, 5.74) is 3.75. The average Bonchev–Trinajstić information content (AvgIpc) is 2.79. The van der Waals surface area contributed by atoms with Crippen molar-refractivity contribution in [2.45, 2.75) is 31.7 Å². The lowest BCUT2D eigenvalue weighted by atomic mass is 9.96. The molecule has 0 radical (unpaired) electrons. The maximum atomic E-state index is 9.07. The minimum absolute atomic E-state index is 0.142. The Morgan fingerprint density at radius 3 is 1.79 bits per heavy atom. The van der Waals surface area contributed by atoms with Crippen molar-refractivity contribution in [1.29, 1.82) is 0 Å². The molecular formula is C26H31NO2. The predicted octanol–water partition coefficient (Wildman–Crippen LogP) is 5.84. The molecule has 1 N–H and O–H groups in total. The average molecular weight is 390 g/mol. The molecule has 0 aliphatic rings. The van der Waals surface area contributed by atoms with Crippen molar-refractivity contribution in [3.8, 4) is 5.75 Å².